The third-order valence-corrected chi connectivity index (χ3v) is 7.09. The summed E-state index contributed by atoms with van der Waals surface area (Å²) in [5.41, 5.74) is 2.44. The molecule has 1 unspecified atom stereocenters. The molecule has 3 aromatic carbocycles. The molecule has 1 heterocycles. The predicted molar refractivity (Wildman–Crippen MR) is 122 cm³/mol. The van der Waals surface area contributed by atoms with E-state index in [0.717, 1.165) is 43.5 Å². The highest BCUT2D eigenvalue weighted by Crippen LogP contribution is 2.23. The van der Waals surface area contributed by atoms with Crippen LogP contribution in [0, 0.1) is 5.82 Å². The Morgan fingerprint density at radius 2 is 1.62 bits per heavy atom. The number of nitrogens with zero attached hydrogens (tertiary/aromatic N) is 1. The van der Waals surface area contributed by atoms with E-state index in [1.807, 2.05) is 23.1 Å². The summed E-state index contributed by atoms with van der Waals surface area (Å²) in [6.07, 6.45) is 3.14. The van der Waals surface area contributed by atoms with Gasteiger partial charge in [-0.3, -0.25) is 9.52 Å². The number of rotatable bonds is 7. The molecule has 0 aromatic heterocycles. The quantitative estimate of drug-likeness (QED) is 0.578. The second-order valence-corrected chi connectivity index (χ2v) is 9.69. The van der Waals surface area contributed by atoms with E-state index in [4.69, 9.17) is 0 Å². The lowest BCUT2D eigenvalue weighted by atomic mass is 10.0. The lowest BCUT2D eigenvalue weighted by Crippen LogP contribution is -2.37. The maximum absolute atomic E-state index is 13.0. The molecule has 32 heavy (non-hydrogen) atoms. The maximum atomic E-state index is 13.0. The summed E-state index contributed by atoms with van der Waals surface area (Å²) in [5.74, 6) is -0.412. The highest BCUT2D eigenvalue weighted by atomic mass is 32.2. The van der Waals surface area contributed by atoms with E-state index in [-0.39, 0.29) is 23.3 Å². The first-order valence-corrected chi connectivity index (χ1v) is 12.1. The summed E-state index contributed by atoms with van der Waals surface area (Å²) in [5, 5.41) is 0. The number of benzene rings is 3. The van der Waals surface area contributed by atoms with Crippen molar-refractivity contribution in [2.75, 3.05) is 11.3 Å². The maximum Gasteiger partial charge on any atom is 0.261 e. The van der Waals surface area contributed by atoms with E-state index in [1.165, 1.54) is 17.7 Å². The Hall–Kier alpha value is -3.19. The molecule has 0 radical (unpaired) electrons. The van der Waals surface area contributed by atoms with Crippen LogP contribution in [-0.2, 0) is 27.7 Å². The van der Waals surface area contributed by atoms with E-state index in [2.05, 4.69) is 16.9 Å². The van der Waals surface area contributed by atoms with Crippen molar-refractivity contribution in [2.24, 2.45) is 0 Å². The minimum atomic E-state index is -3.81. The Kier molecular flexibility index (Phi) is 6.55. The zero-order valence-corrected chi connectivity index (χ0v) is 18.4. The number of nitrogens with one attached hydrogen (secondary N) is 1. The molecule has 0 saturated carbocycles. The largest absolute Gasteiger partial charge is 0.339 e. The minimum Gasteiger partial charge on any atom is -0.339 e. The van der Waals surface area contributed by atoms with Crippen molar-refractivity contribution in [3.05, 3.63) is 95.8 Å². The van der Waals surface area contributed by atoms with Crippen LogP contribution >= 0.6 is 0 Å². The van der Waals surface area contributed by atoms with Gasteiger partial charge >= 0.3 is 0 Å². The second kappa shape index (κ2) is 9.53. The Bertz CT molecular complexity index is 1160. The van der Waals surface area contributed by atoms with Crippen LogP contribution < -0.4 is 4.72 Å². The number of anilines is 1. The zero-order valence-electron chi connectivity index (χ0n) is 17.6. The third kappa shape index (κ3) is 5.34. The summed E-state index contributed by atoms with van der Waals surface area (Å²) in [6.45, 7) is 0.770. The molecule has 5 nitrogen and oxygen atoms in total. The molecule has 4 rings (SSSR count). The first kappa shape index (κ1) is 22.0. The standard InChI is InChI=1S/C25H25FN2O3S/c26-21-10-14-24(15-11-21)32(30,31)27-22-12-8-20(9-13-22)18-25(29)28-16-4-7-23(28)17-19-5-2-1-3-6-19/h1-3,5-6,8-15,23,27H,4,7,16-18H2. The predicted octanol–water partition coefficient (Wildman–Crippen LogP) is 4.40. The van der Waals surface area contributed by atoms with Crippen LogP contribution in [0.3, 0.4) is 0 Å². The molecule has 166 valence electrons. The van der Waals surface area contributed by atoms with Gasteiger partial charge in [-0.2, -0.15) is 0 Å². The van der Waals surface area contributed by atoms with Crippen LogP contribution in [-0.4, -0.2) is 31.8 Å². The fourth-order valence-electron chi connectivity index (χ4n) is 4.06. The average Bonchev–Trinajstić information content (AvgIpc) is 3.24. The molecule has 1 aliphatic heterocycles. The number of carbonyl (C=O) groups excluding carboxylic acids is 1. The van der Waals surface area contributed by atoms with Gasteiger partial charge in [0.25, 0.3) is 10.0 Å². The van der Waals surface area contributed by atoms with Crippen LogP contribution in [0.5, 0.6) is 0 Å². The fraction of sp³-hybridized carbons (Fsp3) is 0.240. The van der Waals surface area contributed by atoms with E-state index in [9.17, 15) is 17.6 Å². The van der Waals surface area contributed by atoms with Crippen molar-refractivity contribution >= 4 is 21.6 Å². The first-order chi connectivity index (χ1) is 15.4. The van der Waals surface area contributed by atoms with Crippen molar-refractivity contribution in [1.29, 1.82) is 0 Å². The molecule has 3 aromatic rings. The summed E-state index contributed by atoms with van der Waals surface area (Å²) >= 11 is 0. The molecule has 1 atom stereocenters. The normalized spacial score (nSPS) is 16.2. The van der Waals surface area contributed by atoms with Crippen LogP contribution in [0.15, 0.2) is 83.8 Å². The number of hydrogen-bond acceptors (Lipinski definition) is 3. The highest BCUT2D eigenvalue weighted by molar-refractivity contribution is 7.92. The van der Waals surface area contributed by atoms with Gasteiger partial charge in [-0.1, -0.05) is 42.5 Å². The number of carbonyl (C=O) groups is 1. The summed E-state index contributed by atoms with van der Waals surface area (Å²) in [6, 6.07) is 21.8. The number of hydrogen-bond donors (Lipinski definition) is 1. The summed E-state index contributed by atoms with van der Waals surface area (Å²) in [4.78, 5) is 14.9. The Morgan fingerprint density at radius 1 is 0.938 bits per heavy atom. The van der Waals surface area contributed by atoms with Crippen molar-refractivity contribution in [2.45, 2.75) is 36.6 Å². The lowest BCUT2D eigenvalue weighted by Gasteiger charge is -2.25. The SMILES string of the molecule is O=C(Cc1ccc(NS(=O)(=O)c2ccc(F)cc2)cc1)N1CCCC1Cc1ccccc1. The molecule has 0 spiro atoms. The number of sulfonamides is 1. The van der Waals surface area contributed by atoms with Gasteiger partial charge < -0.3 is 4.90 Å². The second-order valence-electron chi connectivity index (χ2n) is 8.01. The van der Waals surface area contributed by atoms with E-state index < -0.39 is 15.8 Å². The summed E-state index contributed by atoms with van der Waals surface area (Å²) < 4.78 is 40.4. The topological polar surface area (TPSA) is 66.5 Å². The monoisotopic (exact) mass is 452 g/mol. The molecule has 0 bridgehead atoms. The molecule has 7 heteroatoms. The third-order valence-electron chi connectivity index (χ3n) is 5.70. The van der Waals surface area contributed by atoms with Gasteiger partial charge in [-0.05, 0) is 66.8 Å². The number of amides is 1. The van der Waals surface area contributed by atoms with E-state index >= 15 is 0 Å². The van der Waals surface area contributed by atoms with Crippen molar-refractivity contribution in [1.82, 2.24) is 4.90 Å². The van der Waals surface area contributed by atoms with Crippen molar-refractivity contribution < 1.29 is 17.6 Å². The molecule has 1 fully saturated rings. The van der Waals surface area contributed by atoms with E-state index in [0.29, 0.717) is 5.69 Å². The lowest BCUT2D eigenvalue weighted by molar-refractivity contribution is -0.131. The van der Waals surface area contributed by atoms with Crippen LogP contribution in [0.25, 0.3) is 0 Å². The Labute approximate surface area is 187 Å². The fourth-order valence-corrected chi connectivity index (χ4v) is 5.12. The van der Waals surface area contributed by atoms with E-state index in [1.54, 1.807) is 24.3 Å². The Morgan fingerprint density at radius 3 is 2.31 bits per heavy atom. The zero-order chi connectivity index (χ0) is 22.6. The average molecular weight is 453 g/mol. The van der Waals surface area contributed by atoms with Crippen LogP contribution in [0.4, 0.5) is 10.1 Å². The van der Waals surface area contributed by atoms with Gasteiger partial charge in [-0.15, -0.1) is 0 Å². The molecule has 1 N–H and O–H groups in total. The molecular weight excluding hydrogens is 427 g/mol. The molecule has 1 amide bonds. The van der Waals surface area contributed by atoms with Gasteiger partial charge in [0, 0.05) is 18.3 Å². The summed E-state index contributed by atoms with van der Waals surface area (Å²) in [7, 11) is -3.81. The molecule has 1 aliphatic rings. The van der Waals surface area contributed by atoms with Gasteiger partial charge in [-0.25, -0.2) is 12.8 Å². The molecular formula is C25H25FN2O3S. The molecule has 1 saturated heterocycles. The highest BCUT2D eigenvalue weighted by Gasteiger charge is 2.28. The first-order valence-electron chi connectivity index (χ1n) is 10.6. The van der Waals surface area contributed by atoms with Crippen molar-refractivity contribution in [3.8, 4) is 0 Å². The van der Waals surface area contributed by atoms with Gasteiger partial charge in [0.15, 0.2) is 0 Å². The van der Waals surface area contributed by atoms with Crippen LogP contribution in [0.2, 0.25) is 0 Å². The van der Waals surface area contributed by atoms with Gasteiger partial charge in [0.2, 0.25) is 5.91 Å². The number of likely N-dealkylation sites (tertiary alicyclic amines) is 1. The smallest absolute Gasteiger partial charge is 0.261 e. The van der Waals surface area contributed by atoms with Crippen LogP contribution in [0.1, 0.15) is 24.0 Å². The van der Waals surface area contributed by atoms with Gasteiger partial charge in [0.1, 0.15) is 5.82 Å². The number of halogens is 1. The Balaban J connectivity index is 1.37. The van der Waals surface area contributed by atoms with Crippen molar-refractivity contribution in [3.63, 3.8) is 0 Å². The van der Waals surface area contributed by atoms with Gasteiger partial charge in [0.05, 0.1) is 11.3 Å². The minimum absolute atomic E-state index is 0.0170. The molecule has 0 aliphatic carbocycles.